The molecule has 21 heavy (non-hydrogen) atoms. The predicted octanol–water partition coefficient (Wildman–Crippen LogP) is 3.60. The van der Waals surface area contributed by atoms with Crippen LogP contribution in [0.5, 0.6) is 0 Å². The van der Waals surface area contributed by atoms with Gasteiger partial charge in [-0.05, 0) is 31.5 Å². The zero-order chi connectivity index (χ0) is 15.6. The summed E-state index contributed by atoms with van der Waals surface area (Å²) in [7, 11) is 0. The van der Waals surface area contributed by atoms with Crippen LogP contribution < -0.4 is 0 Å². The van der Waals surface area contributed by atoms with Gasteiger partial charge in [0.1, 0.15) is 0 Å². The molecule has 0 unspecified atom stereocenters. The predicted molar refractivity (Wildman–Crippen MR) is 71.0 cm³/mol. The molecule has 0 radical (unpaired) electrons. The van der Waals surface area contributed by atoms with Crippen molar-refractivity contribution < 1.29 is 18.0 Å². The van der Waals surface area contributed by atoms with Crippen LogP contribution in [0.4, 0.5) is 13.2 Å². The lowest BCUT2D eigenvalue weighted by atomic mass is 9.99. The number of nitrogens with zero attached hydrogens (tertiary/aromatic N) is 2. The molecule has 6 heteroatoms. The molecular formula is C15H13F3N2O. The van der Waals surface area contributed by atoms with Gasteiger partial charge in [-0.1, -0.05) is 19.1 Å². The summed E-state index contributed by atoms with van der Waals surface area (Å²) < 4.78 is 37.5. The van der Waals surface area contributed by atoms with Gasteiger partial charge in [-0.3, -0.25) is 4.79 Å². The van der Waals surface area contributed by atoms with Crippen LogP contribution in [0.15, 0.2) is 30.3 Å². The summed E-state index contributed by atoms with van der Waals surface area (Å²) in [5.41, 5.74) is 0.918. The molecule has 0 aliphatic rings. The zero-order valence-electron chi connectivity index (χ0n) is 11.5. The Kier molecular flexibility index (Phi) is 4.06. The molecule has 2 rings (SSSR count). The molecule has 3 nitrogen and oxygen atoms in total. The quantitative estimate of drug-likeness (QED) is 0.812. The van der Waals surface area contributed by atoms with Gasteiger partial charge in [0.15, 0.2) is 5.78 Å². The van der Waals surface area contributed by atoms with E-state index in [2.05, 4.69) is 10.2 Å². The van der Waals surface area contributed by atoms with Crippen LogP contribution in [-0.2, 0) is 12.6 Å². The van der Waals surface area contributed by atoms with E-state index in [1.807, 2.05) is 6.92 Å². The first-order valence-corrected chi connectivity index (χ1v) is 6.38. The van der Waals surface area contributed by atoms with Crippen molar-refractivity contribution in [1.82, 2.24) is 10.2 Å². The molecule has 0 saturated carbocycles. The second-order valence-corrected chi connectivity index (χ2v) is 4.60. The minimum atomic E-state index is -4.41. The Balaban J connectivity index is 2.39. The Morgan fingerprint density at radius 1 is 1.14 bits per heavy atom. The number of halogens is 3. The van der Waals surface area contributed by atoms with Crippen molar-refractivity contribution in [2.45, 2.75) is 26.4 Å². The highest BCUT2D eigenvalue weighted by atomic mass is 19.4. The molecule has 0 spiro atoms. The third kappa shape index (κ3) is 3.26. The summed E-state index contributed by atoms with van der Waals surface area (Å²) in [5.74, 6) is -0.349. The minimum Gasteiger partial charge on any atom is -0.289 e. The maximum Gasteiger partial charge on any atom is 0.416 e. The van der Waals surface area contributed by atoms with E-state index < -0.39 is 11.7 Å². The van der Waals surface area contributed by atoms with Gasteiger partial charge in [-0.25, -0.2) is 0 Å². The molecule has 110 valence electrons. The Hall–Kier alpha value is -2.24. The molecule has 1 aromatic heterocycles. The normalized spacial score (nSPS) is 11.5. The average Bonchev–Trinajstić information content (AvgIpc) is 2.45. The van der Waals surface area contributed by atoms with Crippen molar-refractivity contribution in [3.8, 4) is 0 Å². The van der Waals surface area contributed by atoms with Crippen LogP contribution >= 0.6 is 0 Å². The summed E-state index contributed by atoms with van der Waals surface area (Å²) in [6.07, 6.45) is -3.89. The van der Waals surface area contributed by atoms with Crippen LogP contribution in [0.1, 0.15) is 39.8 Å². The van der Waals surface area contributed by atoms with Gasteiger partial charge < -0.3 is 0 Å². The van der Waals surface area contributed by atoms with E-state index in [1.54, 1.807) is 13.0 Å². The topological polar surface area (TPSA) is 42.9 Å². The molecule has 0 fully saturated rings. The lowest BCUT2D eigenvalue weighted by Gasteiger charge is -2.09. The number of aromatic nitrogens is 2. The van der Waals surface area contributed by atoms with E-state index in [1.165, 1.54) is 12.1 Å². The first-order chi connectivity index (χ1) is 9.82. The highest BCUT2D eigenvalue weighted by molar-refractivity contribution is 6.09. The first-order valence-electron chi connectivity index (χ1n) is 6.38. The number of aryl methyl sites for hydroxylation is 2. The number of carbonyl (C=O) groups is 1. The first kappa shape index (κ1) is 15.2. The van der Waals surface area contributed by atoms with Gasteiger partial charge >= 0.3 is 6.18 Å². The molecule has 1 aromatic carbocycles. The fraction of sp³-hybridized carbons (Fsp3) is 0.267. The Morgan fingerprint density at radius 3 is 2.29 bits per heavy atom. The summed E-state index contributed by atoms with van der Waals surface area (Å²) in [4.78, 5) is 12.4. The largest absolute Gasteiger partial charge is 0.416 e. The summed E-state index contributed by atoms with van der Waals surface area (Å²) in [6.45, 7) is 3.54. The number of ketones is 1. The average molecular weight is 294 g/mol. The highest BCUT2D eigenvalue weighted by Gasteiger charge is 2.30. The van der Waals surface area contributed by atoms with Crippen molar-refractivity contribution in [1.29, 1.82) is 0 Å². The highest BCUT2D eigenvalue weighted by Crippen LogP contribution is 2.29. The molecule has 0 aliphatic carbocycles. The van der Waals surface area contributed by atoms with Gasteiger partial charge in [0.2, 0.25) is 0 Å². The molecule has 0 aliphatic heterocycles. The lowest BCUT2D eigenvalue weighted by molar-refractivity contribution is -0.137. The summed E-state index contributed by atoms with van der Waals surface area (Å²) in [6, 6.07) is 5.77. The van der Waals surface area contributed by atoms with E-state index in [0.717, 1.165) is 12.1 Å². The maximum atomic E-state index is 12.5. The molecule has 0 saturated heterocycles. The van der Waals surface area contributed by atoms with Crippen LogP contribution in [-0.4, -0.2) is 16.0 Å². The third-order valence-electron chi connectivity index (χ3n) is 3.05. The van der Waals surface area contributed by atoms with Gasteiger partial charge in [0, 0.05) is 11.1 Å². The number of hydrogen-bond donors (Lipinski definition) is 0. The third-order valence-corrected chi connectivity index (χ3v) is 3.05. The molecule has 2 aromatic rings. The van der Waals surface area contributed by atoms with Crippen molar-refractivity contribution in [3.05, 3.63) is 58.4 Å². The van der Waals surface area contributed by atoms with E-state index in [0.29, 0.717) is 23.4 Å². The Bertz CT molecular complexity index is 664. The minimum absolute atomic E-state index is 0.199. The van der Waals surface area contributed by atoms with Gasteiger partial charge in [0.25, 0.3) is 0 Å². The maximum absolute atomic E-state index is 12.5. The molecule has 0 amide bonds. The van der Waals surface area contributed by atoms with Crippen LogP contribution in [0, 0.1) is 6.92 Å². The van der Waals surface area contributed by atoms with Crippen LogP contribution in [0.3, 0.4) is 0 Å². The van der Waals surface area contributed by atoms with E-state index >= 15 is 0 Å². The smallest absolute Gasteiger partial charge is 0.289 e. The second kappa shape index (κ2) is 5.63. The number of benzene rings is 1. The van der Waals surface area contributed by atoms with E-state index in [4.69, 9.17) is 0 Å². The second-order valence-electron chi connectivity index (χ2n) is 4.60. The number of rotatable bonds is 3. The van der Waals surface area contributed by atoms with Crippen LogP contribution in [0.25, 0.3) is 0 Å². The van der Waals surface area contributed by atoms with Gasteiger partial charge in [-0.15, -0.1) is 0 Å². The number of hydrogen-bond acceptors (Lipinski definition) is 3. The zero-order valence-corrected chi connectivity index (χ0v) is 11.5. The Morgan fingerprint density at radius 2 is 1.76 bits per heavy atom. The lowest BCUT2D eigenvalue weighted by Crippen LogP contribution is -2.10. The standard InChI is InChI=1S/C15H13F3N2O/c1-3-13-12(8-9(2)19-20-13)14(21)10-4-6-11(7-5-10)15(16,17)18/h4-8H,3H2,1-2H3. The molecule has 0 bridgehead atoms. The molecule has 1 heterocycles. The fourth-order valence-corrected chi connectivity index (χ4v) is 1.94. The van der Waals surface area contributed by atoms with Gasteiger partial charge in [-0.2, -0.15) is 23.4 Å². The Labute approximate surface area is 119 Å². The van der Waals surface area contributed by atoms with Crippen molar-refractivity contribution in [3.63, 3.8) is 0 Å². The van der Waals surface area contributed by atoms with Crippen molar-refractivity contribution in [2.24, 2.45) is 0 Å². The number of carbonyl (C=O) groups excluding carboxylic acids is 1. The van der Waals surface area contributed by atoms with Crippen molar-refractivity contribution >= 4 is 5.78 Å². The van der Waals surface area contributed by atoms with Crippen molar-refractivity contribution in [2.75, 3.05) is 0 Å². The molecular weight excluding hydrogens is 281 g/mol. The van der Waals surface area contributed by atoms with Gasteiger partial charge in [0.05, 0.1) is 17.0 Å². The van der Waals surface area contributed by atoms with Crippen LogP contribution in [0.2, 0.25) is 0 Å². The SMILES string of the molecule is CCc1nnc(C)cc1C(=O)c1ccc(C(F)(F)F)cc1. The van der Waals surface area contributed by atoms with E-state index in [9.17, 15) is 18.0 Å². The summed E-state index contributed by atoms with van der Waals surface area (Å²) in [5, 5.41) is 7.83. The number of alkyl halides is 3. The monoisotopic (exact) mass is 294 g/mol. The van der Waals surface area contributed by atoms with E-state index in [-0.39, 0.29) is 11.3 Å². The molecule has 0 N–H and O–H groups in total. The molecule has 0 atom stereocenters. The summed E-state index contributed by atoms with van der Waals surface area (Å²) >= 11 is 0. The fourth-order valence-electron chi connectivity index (χ4n) is 1.94.